The molecule has 28 heavy (non-hydrogen) atoms. The number of aliphatic hydroxyl groups excluding tert-OH is 4. The first-order valence-electron chi connectivity index (χ1n) is 10.0. The standard InChI is InChI=1S/C21H32O6S/c1-13(22)4-2-5-14(23)8-10-17-16(18(24)12-19(17)25)7-3-6-15-9-11-20(28-15)21(26)27/h8-11,13-14,16-19,22-25H,2-7,12H2,1H3,(H,26,27)/b10-8+/t13-,14+,16-,17-,18-,19-/m1/s1. The van der Waals surface area contributed by atoms with Gasteiger partial charge in [0.15, 0.2) is 0 Å². The van der Waals surface area contributed by atoms with Gasteiger partial charge in [0.1, 0.15) is 4.88 Å². The average molecular weight is 413 g/mol. The quantitative estimate of drug-likeness (QED) is 0.357. The van der Waals surface area contributed by atoms with Gasteiger partial charge >= 0.3 is 5.97 Å². The van der Waals surface area contributed by atoms with Crippen molar-refractivity contribution in [2.24, 2.45) is 11.8 Å². The Bertz CT molecular complexity index is 641. The third kappa shape index (κ3) is 6.97. The van der Waals surface area contributed by atoms with Crippen molar-refractivity contribution in [2.75, 3.05) is 0 Å². The number of carboxylic acids is 1. The van der Waals surface area contributed by atoms with Crippen molar-refractivity contribution >= 4 is 17.3 Å². The molecule has 0 amide bonds. The first-order chi connectivity index (χ1) is 13.3. The van der Waals surface area contributed by atoms with Crippen molar-refractivity contribution in [1.29, 1.82) is 0 Å². The summed E-state index contributed by atoms with van der Waals surface area (Å²) in [6.45, 7) is 1.72. The lowest BCUT2D eigenvalue weighted by Crippen LogP contribution is -2.21. The van der Waals surface area contributed by atoms with Gasteiger partial charge in [-0.2, -0.15) is 0 Å². The van der Waals surface area contributed by atoms with Crippen molar-refractivity contribution < 1.29 is 30.3 Å². The third-order valence-corrected chi connectivity index (χ3v) is 6.56. The number of aromatic carboxylic acids is 1. The minimum atomic E-state index is -0.914. The second-order valence-corrected chi connectivity index (χ2v) is 8.98. The molecule has 6 nitrogen and oxygen atoms in total. The van der Waals surface area contributed by atoms with Crippen LogP contribution in [0.15, 0.2) is 24.3 Å². The summed E-state index contributed by atoms with van der Waals surface area (Å²) in [6.07, 6.45) is 5.86. The molecular formula is C21H32O6S. The molecule has 1 saturated carbocycles. The van der Waals surface area contributed by atoms with Crippen LogP contribution in [0.5, 0.6) is 0 Å². The molecule has 1 heterocycles. The smallest absolute Gasteiger partial charge is 0.345 e. The minimum absolute atomic E-state index is 0.0742. The highest BCUT2D eigenvalue weighted by molar-refractivity contribution is 7.13. The van der Waals surface area contributed by atoms with Crippen LogP contribution in [0.25, 0.3) is 0 Å². The van der Waals surface area contributed by atoms with E-state index < -0.39 is 24.3 Å². The predicted molar refractivity (Wildman–Crippen MR) is 109 cm³/mol. The Hall–Kier alpha value is -1.25. The Kier molecular flexibility index (Phi) is 9.11. The van der Waals surface area contributed by atoms with Crippen LogP contribution >= 0.6 is 11.3 Å². The highest BCUT2D eigenvalue weighted by atomic mass is 32.1. The maximum Gasteiger partial charge on any atom is 0.345 e. The Balaban J connectivity index is 1.84. The fourth-order valence-corrected chi connectivity index (χ4v) is 4.78. The second kappa shape index (κ2) is 11.1. The van der Waals surface area contributed by atoms with E-state index in [4.69, 9.17) is 5.11 Å². The van der Waals surface area contributed by atoms with Crippen LogP contribution in [0.1, 0.15) is 60.0 Å². The van der Waals surface area contributed by atoms with E-state index in [1.54, 1.807) is 19.1 Å². The summed E-state index contributed by atoms with van der Waals surface area (Å²) in [6, 6.07) is 3.44. The highest BCUT2D eigenvalue weighted by Gasteiger charge is 2.39. The van der Waals surface area contributed by atoms with Gasteiger partial charge in [-0.3, -0.25) is 0 Å². The number of aryl methyl sites for hydroxylation is 1. The topological polar surface area (TPSA) is 118 Å². The predicted octanol–water partition coefficient (Wildman–Crippen LogP) is 2.60. The van der Waals surface area contributed by atoms with Gasteiger partial charge in [0.25, 0.3) is 0 Å². The van der Waals surface area contributed by atoms with E-state index in [1.165, 1.54) is 11.3 Å². The van der Waals surface area contributed by atoms with Crippen LogP contribution in [0.4, 0.5) is 0 Å². The Morgan fingerprint density at radius 2 is 1.96 bits per heavy atom. The largest absolute Gasteiger partial charge is 0.477 e. The van der Waals surface area contributed by atoms with Gasteiger partial charge in [0.2, 0.25) is 0 Å². The van der Waals surface area contributed by atoms with E-state index in [0.717, 1.165) is 30.6 Å². The van der Waals surface area contributed by atoms with Crippen molar-refractivity contribution in [3.8, 4) is 0 Å². The zero-order chi connectivity index (χ0) is 20.7. The molecule has 0 spiro atoms. The van der Waals surface area contributed by atoms with Gasteiger partial charge in [-0.1, -0.05) is 12.2 Å². The van der Waals surface area contributed by atoms with Crippen LogP contribution in [0, 0.1) is 11.8 Å². The number of aliphatic hydroxyl groups is 4. The van der Waals surface area contributed by atoms with Crippen molar-refractivity contribution in [1.82, 2.24) is 0 Å². The second-order valence-electron chi connectivity index (χ2n) is 7.81. The summed E-state index contributed by atoms with van der Waals surface area (Å²) in [5.41, 5.74) is 0. The van der Waals surface area contributed by atoms with Crippen LogP contribution in [-0.2, 0) is 6.42 Å². The highest BCUT2D eigenvalue weighted by Crippen LogP contribution is 2.37. The summed E-state index contributed by atoms with van der Waals surface area (Å²) < 4.78 is 0. The number of carboxylic acid groups (broad SMARTS) is 1. The molecule has 158 valence electrons. The van der Waals surface area contributed by atoms with E-state index >= 15 is 0 Å². The summed E-state index contributed by atoms with van der Waals surface area (Å²) in [4.78, 5) is 12.3. The van der Waals surface area contributed by atoms with Gasteiger partial charge in [0.05, 0.1) is 24.4 Å². The molecule has 0 unspecified atom stereocenters. The van der Waals surface area contributed by atoms with Gasteiger partial charge in [0, 0.05) is 17.2 Å². The monoisotopic (exact) mass is 412 g/mol. The van der Waals surface area contributed by atoms with Crippen molar-refractivity contribution in [3.63, 3.8) is 0 Å². The van der Waals surface area contributed by atoms with Crippen molar-refractivity contribution in [2.45, 2.75) is 76.3 Å². The van der Waals surface area contributed by atoms with Gasteiger partial charge in [-0.05, 0) is 63.5 Å². The number of rotatable bonds is 11. The SMILES string of the molecule is C[C@@H](O)CCC[C@H](O)/C=C/[C@@H]1[C@@H](CCCc2ccc(C(=O)O)s2)[C@H](O)C[C@H]1O. The van der Waals surface area contributed by atoms with E-state index in [0.29, 0.717) is 24.1 Å². The van der Waals surface area contributed by atoms with Crippen LogP contribution in [0.3, 0.4) is 0 Å². The molecule has 0 radical (unpaired) electrons. The molecule has 0 aromatic carbocycles. The first kappa shape index (κ1) is 23.0. The van der Waals surface area contributed by atoms with Crippen LogP contribution < -0.4 is 0 Å². The Morgan fingerprint density at radius 1 is 1.21 bits per heavy atom. The fourth-order valence-electron chi connectivity index (χ4n) is 3.89. The molecule has 0 bridgehead atoms. The van der Waals surface area contributed by atoms with Gasteiger partial charge in [-0.15, -0.1) is 11.3 Å². The average Bonchev–Trinajstić information content (AvgIpc) is 3.18. The van der Waals surface area contributed by atoms with E-state index in [-0.39, 0.29) is 17.9 Å². The minimum Gasteiger partial charge on any atom is -0.477 e. The summed E-state index contributed by atoms with van der Waals surface area (Å²) in [5, 5.41) is 48.9. The number of hydrogen-bond donors (Lipinski definition) is 5. The van der Waals surface area contributed by atoms with Crippen LogP contribution in [0.2, 0.25) is 0 Å². The normalized spacial score (nSPS) is 27.3. The van der Waals surface area contributed by atoms with E-state index in [2.05, 4.69) is 0 Å². The zero-order valence-electron chi connectivity index (χ0n) is 16.3. The third-order valence-electron chi connectivity index (χ3n) is 5.43. The number of thiophene rings is 1. The Labute approximate surface area is 170 Å². The molecule has 1 aliphatic carbocycles. The lowest BCUT2D eigenvalue weighted by Gasteiger charge is -2.21. The molecule has 7 heteroatoms. The summed E-state index contributed by atoms with van der Waals surface area (Å²) in [5.74, 6) is -1.18. The maximum atomic E-state index is 11.0. The molecule has 5 N–H and O–H groups in total. The van der Waals surface area contributed by atoms with Gasteiger partial charge in [-0.25, -0.2) is 4.79 Å². The molecule has 1 aromatic rings. The maximum absolute atomic E-state index is 11.0. The molecule has 2 rings (SSSR count). The zero-order valence-corrected chi connectivity index (χ0v) is 17.1. The molecule has 1 aliphatic rings. The lowest BCUT2D eigenvalue weighted by atomic mass is 9.88. The molecule has 0 aliphatic heterocycles. The molecule has 1 fully saturated rings. The molecular weight excluding hydrogens is 380 g/mol. The van der Waals surface area contributed by atoms with Crippen molar-refractivity contribution in [3.05, 3.63) is 34.0 Å². The van der Waals surface area contributed by atoms with Gasteiger partial charge < -0.3 is 25.5 Å². The fraction of sp³-hybridized carbons (Fsp3) is 0.667. The lowest BCUT2D eigenvalue weighted by molar-refractivity contribution is 0.0702. The molecule has 6 atom stereocenters. The van der Waals surface area contributed by atoms with E-state index in [1.807, 2.05) is 12.1 Å². The summed E-state index contributed by atoms with van der Waals surface area (Å²) in [7, 11) is 0. The summed E-state index contributed by atoms with van der Waals surface area (Å²) >= 11 is 1.27. The number of hydrogen-bond acceptors (Lipinski definition) is 6. The van der Waals surface area contributed by atoms with Crippen LogP contribution in [-0.4, -0.2) is 55.9 Å². The molecule has 1 aromatic heterocycles. The van der Waals surface area contributed by atoms with E-state index in [9.17, 15) is 25.2 Å². The number of carbonyl (C=O) groups is 1. The first-order valence-corrected chi connectivity index (χ1v) is 10.8. The Morgan fingerprint density at radius 3 is 2.61 bits per heavy atom. The molecule has 0 saturated heterocycles.